The average Bonchev–Trinajstić information content (AvgIpc) is 2.54. The number of hydrogen-bond donors (Lipinski definition) is 1. The lowest BCUT2D eigenvalue weighted by Crippen LogP contribution is -1.71. The summed E-state index contributed by atoms with van der Waals surface area (Å²) < 4.78 is 23.3. The Morgan fingerprint density at radius 2 is 2.20 bits per heavy atom. The van der Waals surface area contributed by atoms with Crippen molar-refractivity contribution in [1.29, 1.82) is 0 Å². The lowest BCUT2D eigenvalue weighted by molar-refractivity contribution is 0.424. The van der Waals surface area contributed by atoms with Crippen molar-refractivity contribution in [3.8, 4) is 5.75 Å². The molecule has 1 aromatic rings. The fourth-order valence-electron chi connectivity index (χ4n) is 0.817. The zero-order valence-corrected chi connectivity index (χ0v) is 5.61. The van der Waals surface area contributed by atoms with E-state index >= 15 is 0 Å². The third-order valence-corrected chi connectivity index (χ3v) is 2.69. The van der Waals surface area contributed by atoms with Gasteiger partial charge in [-0.05, 0) is 12.1 Å². The molecule has 0 spiro atoms. The lowest BCUT2D eigenvalue weighted by atomic mass is 10.3. The molecule has 2 nitrogen and oxygen atoms in total. The monoisotopic (exact) mass is 158 g/mol. The van der Waals surface area contributed by atoms with E-state index in [4.69, 9.17) is 5.11 Å². The summed E-state index contributed by atoms with van der Waals surface area (Å²) in [6.45, 7) is 0. The van der Waals surface area contributed by atoms with Gasteiger partial charge < -0.3 is 5.11 Å². The summed E-state index contributed by atoms with van der Waals surface area (Å²) in [5.41, 5.74) is 0. The maximum absolute atomic E-state index is 12.6. The van der Waals surface area contributed by atoms with Crippen molar-refractivity contribution >= 4 is 10.8 Å². The van der Waals surface area contributed by atoms with Crippen LogP contribution in [0.2, 0.25) is 0 Å². The predicted octanol–water partition coefficient (Wildman–Crippen LogP) is 1.01. The number of aromatic hydroxyl groups is 1. The fraction of sp³-hybridized carbons (Fsp3) is 0. The van der Waals surface area contributed by atoms with Crippen LogP contribution in [0.15, 0.2) is 21.9 Å². The first-order valence-corrected chi connectivity index (χ1v) is 3.80. The third-order valence-electron chi connectivity index (χ3n) is 1.38. The van der Waals surface area contributed by atoms with Gasteiger partial charge in [-0.3, -0.25) is 0 Å². The standard InChI is InChI=1S/C6H3FO2S/c7-5-3(8)1-2-4-6(5)10(4)9/h1-2,8H. The van der Waals surface area contributed by atoms with Gasteiger partial charge in [0.1, 0.15) is 0 Å². The molecule has 0 bridgehead atoms. The molecule has 2 rings (SSSR count). The Labute approximate surface area is 58.8 Å². The molecule has 1 N–H and O–H groups in total. The van der Waals surface area contributed by atoms with Crippen molar-refractivity contribution in [2.45, 2.75) is 9.79 Å². The molecule has 0 radical (unpaired) electrons. The van der Waals surface area contributed by atoms with Crippen molar-refractivity contribution in [1.82, 2.24) is 0 Å². The van der Waals surface area contributed by atoms with Crippen LogP contribution < -0.4 is 0 Å². The number of phenols is 1. The number of fused-ring (bicyclic) bond motifs is 1. The summed E-state index contributed by atoms with van der Waals surface area (Å²) in [7, 11) is -1.27. The normalized spacial score (nSPS) is 20.3. The van der Waals surface area contributed by atoms with E-state index in [0.717, 1.165) is 0 Å². The molecule has 1 atom stereocenters. The minimum absolute atomic E-state index is 0.153. The molecule has 0 saturated heterocycles. The van der Waals surface area contributed by atoms with Crippen LogP contribution in [-0.4, -0.2) is 9.32 Å². The molecule has 1 aromatic carbocycles. The molecule has 10 heavy (non-hydrogen) atoms. The average molecular weight is 158 g/mol. The molecule has 0 amide bonds. The van der Waals surface area contributed by atoms with Crippen molar-refractivity contribution in [2.75, 3.05) is 0 Å². The van der Waals surface area contributed by atoms with Crippen LogP contribution in [-0.2, 0) is 10.8 Å². The first kappa shape index (κ1) is 5.85. The SMILES string of the molecule is O=S1c2ccc(O)c(F)c21. The molecule has 1 aliphatic rings. The number of phenolic OH excluding ortho intramolecular Hbond substituents is 1. The van der Waals surface area contributed by atoms with Gasteiger partial charge in [0.05, 0.1) is 20.6 Å². The van der Waals surface area contributed by atoms with E-state index in [-0.39, 0.29) is 4.90 Å². The van der Waals surface area contributed by atoms with E-state index in [1.165, 1.54) is 12.1 Å². The summed E-state index contributed by atoms with van der Waals surface area (Å²) in [5.74, 6) is -1.17. The third kappa shape index (κ3) is 0.541. The molecular weight excluding hydrogens is 155 g/mol. The molecule has 1 aliphatic heterocycles. The zero-order chi connectivity index (χ0) is 7.30. The van der Waals surface area contributed by atoms with Gasteiger partial charge in [-0.2, -0.15) is 0 Å². The van der Waals surface area contributed by atoms with Gasteiger partial charge in [-0.1, -0.05) is 0 Å². The smallest absolute Gasteiger partial charge is 0.182 e. The van der Waals surface area contributed by atoms with E-state index < -0.39 is 22.4 Å². The van der Waals surface area contributed by atoms with Gasteiger partial charge >= 0.3 is 0 Å². The highest BCUT2D eigenvalue weighted by Crippen LogP contribution is 2.40. The van der Waals surface area contributed by atoms with Crippen molar-refractivity contribution in [2.24, 2.45) is 0 Å². The number of halogens is 1. The minimum Gasteiger partial charge on any atom is -0.505 e. The molecular formula is C6H3FO2S. The second kappa shape index (κ2) is 1.58. The van der Waals surface area contributed by atoms with E-state index in [9.17, 15) is 8.60 Å². The first-order valence-electron chi connectivity index (χ1n) is 2.65. The van der Waals surface area contributed by atoms with Crippen molar-refractivity contribution in [3.05, 3.63) is 17.9 Å². The Hall–Kier alpha value is -0.900. The van der Waals surface area contributed by atoms with Crippen LogP contribution in [0, 0.1) is 5.82 Å². The molecule has 52 valence electrons. The summed E-state index contributed by atoms with van der Waals surface area (Å²) >= 11 is 0. The van der Waals surface area contributed by atoms with Gasteiger partial charge in [0.25, 0.3) is 0 Å². The van der Waals surface area contributed by atoms with Crippen molar-refractivity contribution < 1.29 is 13.7 Å². The Balaban J connectivity index is 2.74. The molecule has 1 heterocycles. The summed E-state index contributed by atoms with van der Waals surface area (Å²) in [4.78, 5) is 0.648. The second-order valence-electron chi connectivity index (χ2n) is 1.99. The molecule has 4 heteroatoms. The highest BCUT2D eigenvalue weighted by Gasteiger charge is 2.34. The van der Waals surface area contributed by atoms with Gasteiger partial charge in [0.15, 0.2) is 11.6 Å². The molecule has 0 aromatic heterocycles. The Morgan fingerprint density at radius 3 is 2.80 bits per heavy atom. The van der Waals surface area contributed by atoms with E-state index in [0.29, 0.717) is 4.90 Å². The minimum atomic E-state index is -1.27. The van der Waals surface area contributed by atoms with Gasteiger partial charge in [0, 0.05) is 0 Å². The van der Waals surface area contributed by atoms with Crippen LogP contribution in [0.25, 0.3) is 0 Å². The maximum atomic E-state index is 12.6. The highest BCUT2D eigenvalue weighted by molar-refractivity contribution is 7.90. The summed E-state index contributed by atoms with van der Waals surface area (Å²) in [6.07, 6.45) is 0. The highest BCUT2D eigenvalue weighted by atomic mass is 32.2. The Kier molecular flexibility index (Phi) is 0.922. The van der Waals surface area contributed by atoms with Crippen LogP contribution in [0.1, 0.15) is 0 Å². The summed E-state index contributed by atoms with van der Waals surface area (Å²) in [6, 6.07) is 2.67. The molecule has 0 fully saturated rings. The van der Waals surface area contributed by atoms with E-state index in [1.807, 2.05) is 0 Å². The molecule has 0 saturated carbocycles. The topological polar surface area (TPSA) is 37.3 Å². The Morgan fingerprint density at radius 1 is 1.50 bits per heavy atom. The number of rotatable bonds is 0. The number of hydrogen-bond acceptors (Lipinski definition) is 2. The van der Waals surface area contributed by atoms with Crippen molar-refractivity contribution in [3.63, 3.8) is 0 Å². The fourth-order valence-corrected chi connectivity index (χ4v) is 1.83. The van der Waals surface area contributed by atoms with E-state index in [1.54, 1.807) is 0 Å². The maximum Gasteiger partial charge on any atom is 0.182 e. The van der Waals surface area contributed by atoms with Gasteiger partial charge in [-0.15, -0.1) is 0 Å². The van der Waals surface area contributed by atoms with E-state index in [2.05, 4.69) is 0 Å². The van der Waals surface area contributed by atoms with Gasteiger partial charge in [-0.25, -0.2) is 8.60 Å². The van der Waals surface area contributed by atoms with Crippen LogP contribution in [0.5, 0.6) is 5.75 Å². The second-order valence-corrected chi connectivity index (χ2v) is 3.38. The molecule has 0 aliphatic carbocycles. The van der Waals surface area contributed by atoms with Crippen LogP contribution in [0.3, 0.4) is 0 Å². The zero-order valence-electron chi connectivity index (χ0n) is 4.80. The number of benzene rings is 1. The first-order chi connectivity index (χ1) is 4.72. The molecule has 1 unspecified atom stereocenters. The predicted molar refractivity (Wildman–Crippen MR) is 32.7 cm³/mol. The van der Waals surface area contributed by atoms with Gasteiger partial charge in [0.2, 0.25) is 0 Å². The Bertz CT molecular complexity index is 335. The summed E-state index contributed by atoms with van der Waals surface area (Å²) in [5, 5.41) is 8.74. The largest absolute Gasteiger partial charge is 0.505 e. The van der Waals surface area contributed by atoms with Crippen LogP contribution >= 0.6 is 0 Å². The van der Waals surface area contributed by atoms with Crippen LogP contribution in [0.4, 0.5) is 4.39 Å². The lowest BCUT2D eigenvalue weighted by Gasteiger charge is -1.86. The quantitative estimate of drug-likeness (QED) is 0.581.